The number of carbonyl (C=O) groups is 1. The molecule has 1 amide bonds. The van der Waals surface area contributed by atoms with Gasteiger partial charge in [0.25, 0.3) is 5.91 Å². The van der Waals surface area contributed by atoms with Gasteiger partial charge in [-0.05, 0) is 46.9 Å². The van der Waals surface area contributed by atoms with Crippen LogP contribution in [0.4, 0.5) is 0 Å². The average molecular weight is 376 g/mol. The summed E-state index contributed by atoms with van der Waals surface area (Å²) in [6.45, 7) is 0.442. The van der Waals surface area contributed by atoms with Crippen LogP contribution >= 0.6 is 34.2 Å². The molecule has 18 heavy (non-hydrogen) atoms. The molecule has 0 aliphatic heterocycles. The molecule has 1 heterocycles. The Kier molecular flexibility index (Phi) is 4.23. The minimum Gasteiger partial charge on any atom is -0.346 e. The molecule has 0 atom stereocenters. The van der Waals surface area contributed by atoms with Crippen LogP contribution in [0.5, 0.6) is 0 Å². The predicted molar refractivity (Wildman–Crippen MR) is 78.5 cm³/mol. The Hall–Kier alpha value is -1.08. The molecule has 0 aliphatic rings. The van der Waals surface area contributed by atoms with E-state index in [0.717, 1.165) is 9.26 Å². The summed E-state index contributed by atoms with van der Waals surface area (Å²) in [5, 5.41) is 7.45. The molecule has 0 saturated carbocycles. The molecule has 2 rings (SSSR count). The summed E-state index contributed by atoms with van der Waals surface area (Å²) < 4.78 is 2.60. The van der Waals surface area contributed by atoms with Crippen LogP contribution in [0.15, 0.2) is 30.5 Å². The summed E-state index contributed by atoms with van der Waals surface area (Å²) >= 11 is 8.00. The molecule has 0 bridgehead atoms. The molecule has 0 fully saturated rings. The van der Waals surface area contributed by atoms with E-state index >= 15 is 0 Å². The second kappa shape index (κ2) is 5.71. The van der Waals surface area contributed by atoms with Crippen molar-refractivity contribution in [2.24, 2.45) is 7.05 Å². The normalized spacial score (nSPS) is 10.4. The van der Waals surface area contributed by atoms with Crippen LogP contribution in [0.25, 0.3) is 0 Å². The standard InChI is InChI=1S/C12H11ClIN3O/c1-17-9(4-5-16-17)7-15-12(18)10-6-8(13)2-3-11(10)14/h2-6H,7H2,1H3,(H,15,18). The highest BCUT2D eigenvalue weighted by Crippen LogP contribution is 2.17. The van der Waals surface area contributed by atoms with Gasteiger partial charge in [-0.25, -0.2) is 0 Å². The van der Waals surface area contributed by atoms with E-state index in [9.17, 15) is 4.79 Å². The van der Waals surface area contributed by atoms with Gasteiger partial charge in [-0.3, -0.25) is 9.48 Å². The first kappa shape index (κ1) is 13.4. The molecule has 0 saturated heterocycles. The molecule has 1 aromatic carbocycles. The number of carbonyl (C=O) groups excluding carboxylic acids is 1. The first-order chi connectivity index (χ1) is 8.58. The number of nitrogens with zero attached hydrogens (tertiary/aromatic N) is 2. The minimum absolute atomic E-state index is 0.136. The number of benzene rings is 1. The molecule has 1 N–H and O–H groups in total. The number of rotatable bonds is 3. The highest BCUT2D eigenvalue weighted by molar-refractivity contribution is 14.1. The summed E-state index contributed by atoms with van der Waals surface area (Å²) in [5.41, 5.74) is 1.53. The maximum absolute atomic E-state index is 12.0. The van der Waals surface area contributed by atoms with Gasteiger partial charge in [0.2, 0.25) is 0 Å². The lowest BCUT2D eigenvalue weighted by Gasteiger charge is -2.07. The van der Waals surface area contributed by atoms with Gasteiger partial charge in [0.1, 0.15) is 0 Å². The fourth-order valence-corrected chi connectivity index (χ4v) is 2.26. The SMILES string of the molecule is Cn1nccc1CNC(=O)c1cc(Cl)ccc1I. The molecule has 0 radical (unpaired) electrons. The summed E-state index contributed by atoms with van der Waals surface area (Å²) in [4.78, 5) is 12.0. The van der Waals surface area contributed by atoms with Gasteiger partial charge in [0, 0.05) is 21.8 Å². The van der Waals surface area contributed by atoms with Crippen LogP contribution in [0.2, 0.25) is 5.02 Å². The van der Waals surface area contributed by atoms with Crippen molar-refractivity contribution in [3.05, 3.63) is 50.3 Å². The number of hydrogen-bond donors (Lipinski definition) is 1. The molecule has 4 nitrogen and oxygen atoms in total. The van der Waals surface area contributed by atoms with E-state index < -0.39 is 0 Å². The summed E-state index contributed by atoms with van der Waals surface area (Å²) in [6, 6.07) is 7.12. The van der Waals surface area contributed by atoms with Crippen LogP contribution in [0.3, 0.4) is 0 Å². The third kappa shape index (κ3) is 3.02. The van der Waals surface area contributed by atoms with E-state index in [0.29, 0.717) is 17.1 Å². The van der Waals surface area contributed by atoms with E-state index in [4.69, 9.17) is 11.6 Å². The molecule has 6 heteroatoms. The third-order valence-electron chi connectivity index (χ3n) is 2.53. The molecular weight excluding hydrogens is 365 g/mol. The molecule has 1 aromatic heterocycles. The van der Waals surface area contributed by atoms with Gasteiger partial charge in [-0.2, -0.15) is 5.10 Å². The Morgan fingerprint density at radius 3 is 2.94 bits per heavy atom. The monoisotopic (exact) mass is 375 g/mol. The molecule has 94 valence electrons. The van der Waals surface area contributed by atoms with Gasteiger partial charge < -0.3 is 5.32 Å². The third-order valence-corrected chi connectivity index (χ3v) is 3.70. The Morgan fingerprint density at radius 1 is 1.50 bits per heavy atom. The number of nitrogens with one attached hydrogen (secondary N) is 1. The van der Waals surface area contributed by atoms with Crippen molar-refractivity contribution in [3.8, 4) is 0 Å². The van der Waals surface area contributed by atoms with Crippen molar-refractivity contribution >= 4 is 40.1 Å². The number of amides is 1. The number of aryl methyl sites for hydroxylation is 1. The largest absolute Gasteiger partial charge is 0.346 e. The number of halogens is 2. The molecule has 2 aromatic rings. The van der Waals surface area contributed by atoms with Gasteiger partial charge >= 0.3 is 0 Å². The molecular formula is C12H11ClIN3O. The van der Waals surface area contributed by atoms with Crippen LogP contribution in [0, 0.1) is 3.57 Å². The van der Waals surface area contributed by atoms with Crippen LogP contribution < -0.4 is 5.32 Å². The summed E-state index contributed by atoms with van der Waals surface area (Å²) in [7, 11) is 1.84. The van der Waals surface area contributed by atoms with Crippen molar-refractivity contribution < 1.29 is 4.79 Å². The second-order valence-corrected chi connectivity index (χ2v) is 5.35. The van der Waals surface area contributed by atoms with E-state index in [1.54, 1.807) is 23.0 Å². The van der Waals surface area contributed by atoms with E-state index in [1.807, 2.05) is 19.2 Å². The lowest BCUT2D eigenvalue weighted by Crippen LogP contribution is -2.24. The fourth-order valence-electron chi connectivity index (χ4n) is 1.51. The Bertz CT molecular complexity index is 582. The van der Waals surface area contributed by atoms with E-state index in [2.05, 4.69) is 33.0 Å². The van der Waals surface area contributed by atoms with Gasteiger partial charge in [0.05, 0.1) is 17.8 Å². The maximum atomic E-state index is 12.0. The zero-order valence-corrected chi connectivity index (χ0v) is 12.6. The molecule has 0 aliphatic carbocycles. The topological polar surface area (TPSA) is 46.9 Å². The van der Waals surface area contributed by atoms with Gasteiger partial charge in [-0.15, -0.1) is 0 Å². The smallest absolute Gasteiger partial charge is 0.252 e. The molecule has 0 unspecified atom stereocenters. The quantitative estimate of drug-likeness (QED) is 0.838. The highest BCUT2D eigenvalue weighted by atomic mass is 127. The van der Waals surface area contributed by atoms with Crippen molar-refractivity contribution in [1.82, 2.24) is 15.1 Å². The Morgan fingerprint density at radius 2 is 2.28 bits per heavy atom. The van der Waals surface area contributed by atoms with Crippen molar-refractivity contribution in [2.75, 3.05) is 0 Å². The van der Waals surface area contributed by atoms with Crippen LogP contribution in [-0.2, 0) is 13.6 Å². The van der Waals surface area contributed by atoms with Gasteiger partial charge in [0.15, 0.2) is 0 Å². The van der Waals surface area contributed by atoms with Gasteiger partial charge in [-0.1, -0.05) is 11.6 Å². The van der Waals surface area contributed by atoms with Crippen LogP contribution in [-0.4, -0.2) is 15.7 Å². The van der Waals surface area contributed by atoms with Crippen molar-refractivity contribution in [3.63, 3.8) is 0 Å². The Balaban J connectivity index is 2.08. The van der Waals surface area contributed by atoms with E-state index in [1.165, 1.54) is 0 Å². The zero-order valence-electron chi connectivity index (χ0n) is 9.65. The summed E-state index contributed by atoms with van der Waals surface area (Å²) in [6.07, 6.45) is 1.70. The predicted octanol–water partition coefficient (Wildman–Crippen LogP) is 2.61. The zero-order chi connectivity index (χ0) is 13.1. The first-order valence-corrected chi connectivity index (χ1v) is 6.73. The minimum atomic E-state index is -0.136. The van der Waals surface area contributed by atoms with Crippen molar-refractivity contribution in [2.45, 2.75) is 6.54 Å². The van der Waals surface area contributed by atoms with Crippen LogP contribution in [0.1, 0.15) is 16.1 Å². The first-order valence-electron chi connectivity index (χ1n) is 5.28. The van der Waals surface area contributed by atoms with E-state index in [-0.39, 0.29) is 5.91 Å². The molecule has 0 spiro atoms. The number of hydrogen-bond acceptors (Lipinski definition) is 2. The van der Waals surface area contributed by atoms with Crippen molar-refractivity contribution in [1.29, 1.82) is 0 Å². The maximum Gasteiger partial charge on any atom is 0.252 e. The second-order valence-electron chi connectivity index (χ2n) is 3.75. The lowest BCUT2D eigenvalue weighted by molar-refractivity contribution is 0.0949. The fraction of sp³-hybridized carbons (Fsp3) is 0.167. The highest BCUT2D eigenvalue weighted by Gasteiger charge is 2.10. The number of aromatic nitrogens is 2. The average Bonchev–Trinajstić information content (AvgIpc) is 2.75. The summed E-state index contributed by atoms with van der Waals surface area (Å²) in [5.74, 6) is -0.136. The Labute approximate surface area is 123 Å². The lowest BCUT2D eigenvalue weighted by atomic mass is 10.2.